The third-order valence-electron chi connectivity index (χ3n) is 4.98. The van der Waals surface area contributed by atoms with Crippen LogP contribution < -0.4 is 0 Å². The zero-order valence-corrected chi connectivity index (χ0v) is 12.8. The molecule has 0 radical (unpaired) electrons. The quantitative estimate of drug-likeness (QED) is 0.784. The summed E-state index contributed by atoms with van der Waals surface area (Å²) in [6, 6.07) is 9.76. The van der Waals surface area contributed by atoms with E-state index in [-0.39, 0.29) is 6.09 Å². The minimum Gasteiger partial charge on any atom is -0.445 e. The zero-order valence-electron chi connectivity index (χ0n) is 12.8. The van der Waals surface area contributed by atoms with Crippen molar-refractivity contribution in [2.24, 2.45) is 17.8 Å². The number of benzene rings is 1. The molecule has 1 aromatic rings. The SMILES string of the molecule is O=CCC1CC1C1CCN(C(=O)OCc2ccccc2)CC1. The van der Waals surface area contributed by atoms with Gasteiger partial charge in [-0.15, -0.1) is 0 Å². The first kappa shape index (κ1) is 15.1. The summed E-state index contributed by atoms with van der Waals surface area (Å²) in [5, 5.41) is 0. The number of rotatable bonds is 5. The van der Waals surface area contributed by atoms with E-state index in [1.165, 1.54) is 6.42 Å². The van der Waals surface area contributed by atoms with Gasteiger partial charge in [-0.05, 0) is 42.6 Å². The van der Waals surface area contributed by atoms with Crippen LogP contribution >= 0.6 is 0 Å². The summed E-state index contributed by atoms with van der Waals surface area (Å²) in [6.07, 6.45) is 4.83. The number of aldehydes is 1. The molecule has 2 fully saturated rings. The summed E-state index contributed by atoms with van der Waals surface area (Å²) in [5.41, 5.74) is 1.01. The Morgan fingerprint density at radius 3 is 2.64 bits per heavy atom. The average molecular weight is 301 g/mol. The van der Waals surface area contributed by atoms with Crippen LogP contribution in [0.3, 0.4) is 0 Å². The monoisotopic (exact) mass is 301 g/mol. The molecular formula is C18H23NO3. The maximum atomic E-state index is 12.1. The number of carbonyl (C=O) groups excluding carboxylic acids is 2. The van der Waals surface area contributed by atoms with Crippen LogP contribution in [-0.4, -0.2) is 30.4 Å². The van der Waals surface area contributed by atoms with Crippen LogP contribution in [0.5, 0.6) is 0 Å². The number of nitrogens with zero attached hydrogens (tertiary/aromatic N) is 1. The lowest BCUT2D eigenvalue weighted by atomic mass is 9.91. The normalized spacial score (nSPS) is 24.8. The number of likely N-dealkylation sites (tertiary alicyclic amines) is 1. The molecule has 0 spiro atoms. The standard InChI is InChI=1S/C18H23NO3/c20-11-8-16-12-17(16)15-6-9-19(10-7-15)18(21)22-13-14-4-2-1-3-5-14/h1-5,11,15-17H,6-10,12-13H2. The lowest BCUT2D eigenvalue weighted by molar-refractivity contribution is -0.108. The van der Waals surface area contributed by atoms with Crippen molar-refractivity contribution < 1.29 is 14.3 Å². The van der Waals surface area contributed by atoms with Crippen molar-refractivity contribution in [2.75, 3.05) is 13.1 Å². The second-order valence-electron chi connectivity index (χ2n) is 6.43. The topological polar surface area (TPSA) is 46.6 Å². The van der Waals surface area contributed by atoms with Crippen LogP contribution in [0.25, 0.3) is 0 Å². The van der Waals surface area contributed by atoms with Gasteiger partial charge in [0.05, 0.1) is 0 Å². The van der Waals surface area contributed by atoms with Crippen LogP contribution in [0.15, 0.2) is 30.3 Å². The largest absolute Gasteiger partial charge is 0.445 e. The van der Waals surface area contributed by atoms with Crippen LogP contribution in [-0.2, 0) is 16.1 Å². The van der Waals surface area contributed by atoms with Gasteiger partial charge in [0.25, 0.3) is 0 Å². The number of ether oxygens (including phenoxy) is 1. The second-order valence-corrected chi connectivity index (χ2v) is 6.43. The molecule has 22 heavy (non-hydrogen) atoms. The van der Waals surface area contributed by atoms with E-state index in [0.717, 1.165) is 37.8 Å². The minimum atomic E-state index is -0.206. The van der Waals surface area contributed by atoms with E-state index in [1.54, 1.807) is 0 Å². The Kier molecular flexibility index (Phi) is 4.76. The number of amides is 1. The molecule has 1 saturated heterocycles. The lowest BCUT2D eigenvalue weighted by Gasteiger charge is -2.31. The highest BCUT2D eigenvalue weighted by Crippen LogP contribution is 2.49. The van der Waals surface area contributed by atoms with Gasteiger partial charge in [0.15, 0.2) is 0 Å². The summed E-state index contributed by atoms with van der Waals surface area (Å²) in [7, 11) is 0. The van der Waals surface area contributed by atoms with Crippen molar-refractivity contribution >= 4 is 12.4 Å². The van der Waals surface area contributed by atoms with Crippen molar-refractivity contribution in [3.05, 3.63) is 35.9 Å². The molecular weight excluding hydrogens is 278 g/mol. The van der Waals surface area contributed by atoms with Crippen LogP contribution in [0.1, 0.15) is 31.2 Å². The van der Waals surface area contributed by atoms with Crippen LogP contribution in [0.4, 0.5) is 4.79 Å². The molecule has 1 amide bonds. The molecule has 1 aliphatic heterocycles. The fourth-order valence-electron chi connectivity index (χ4n) is 3.56. The number of piperidine rings is 1. The Morgan fingerprint density at radius 2 is 1.95 bits per heavy atom. The fraction of sp³-hybridized carbons (Fsp3) is 0.556. The molecule has 2 unspecified atom stereocenters. The van der Waals surface area contributed by atoms with E-state index in [9.17, 15) is 9.59 Å². The number of hydrogen-bond acceptors (Lipinski definition) is 3. The predicted octanol–water partition coefficient (Wildman–Crippen LogP) is 3.26. The fourth-order valence-corrected chi connectivity index (χ4v) is 3.56. The number of hydrogen-bond donors (Lipinski definition) is 0. The van der Waals surface area contributed by atoms with Gasteiger partial charge in [0, 0.05) is 19.5 Å². The summed E-state index contributed by atoms with van der Waals surface area (Å²) >= 11 is 0. The molecule has 0 aromatic heterocycles. The molecule has 3 rings (SSSR count). The Morgan fingerprint density at radius 1 is 1.23 bits per heavy atom. The van der Waals surface area contributed by atoms with Gasteiger partial charge in [-0.2, -0.15) is 0 Å². The van der Waals surface area contributed by atoms with E-state index >= 15 is 0 Å². The van der Waals surface area contributed by atoms with Gasteiger partial charge in [-0.25, -0.2) is 4.79 Å². The Balaban J connectivity index is 1.39. The van der Waals surface area contributed by atoms with E-state index < -0.39 is 0 Å². The first-order valence-electron chi connectivity index (χ1n) is 8.17. The molecule has 1 saturated carbocycles. The summed E-state index contributed by atoms with van der Waals surface area (Å²) in [4.78, 5) is 24.4. The predicted molar refractivity (Wildman–Crippen MR) is 83.2 cm³/mol. The van der Waals surface area contributed by atoms with Crippen molar-refractivity contribution in [2.45, 2.75) is 32.3 Å². The molecule has 4 nitrogen and oxygen atoms in total. The van der Waals surface area contributed by atoms with Gasteiger partial charge in [0.2, 0.25) is 0 Å². The average Bonchev–Trinajstić information content (AvgIpc) is 3.33. The molecule has 1 aromatic carbocycles. The van der Waals surface area contributed by atoms with E-state index in [2.05, 4.69) is 0 Å². The van der Waals surface area contributed by atoms with Gasteiger partial charge in [-0.3, -0.25) is 0 Å². The highest BCUT2D eigenvalue weighted by Gasteiger charge is 2.43. The Hall–Kier alpha value is -1.84. The van der Waals surface area contributed by atoms with Gasteiger partial charge in [-0.1, -0.05) is 30.3 Å². The molecule has 118 valence electrons. The molecule has 1 aliphatic carbocycles. The Labute approximate surface area is 131 Å². The van der Waals surface area contributed by atoms with E-state index in [4.69, 9.17) is 4.74 Å². The summed E-state index contributed by atoms with van der Waals surface area (Å²) in [5.74, 6) is 2.01. The minimum absolute atomic E-state index is 0.206. The third kappa shape index (κ3) is 3.67. The molecule has 0 N–H and O–H groups in total. The summed E-state index contributed by atoms with van der Waals surface area (Å²) < 4.78 is 5.38. The smallest absolute Gasteiger partial charge is 0.410 e. The van der Waals surface area contributed by atoms with Crippen molar-refractivity contribution in [1.82, 2.24) is 4.90 Å². The van der Waals surface area contributed by atoms with Gasteiger partial charge >= 0.3 is 6.09 Å². The van der Waals surface area contributed by atoms with E-state index in [0.29, 0.717) is 30.8 Å². The molecule has 4 heteroatoms. The van der Waals surface area contributed by atoms with Crippen molar-refractivity contribution in [3.8, 4) is 0 Å². The highest BCUT2D eigenvalue weighted by atomic mass is 16.6. The Bertz CT molecular complexity index is 508. The third-order valence-corrected chi connectivity index (χ3v) is 4.98. The van der Waals surface area contributed by atoms with Crippen molar-refractivity contribution in [1.29, 1.82) is 0 Å². The van der Waals surface area contributed by atoms with Gasteiger partial charge in [0.1, 0.15) is 12.9 Å². The maximum absolute atomic E-state index is 12.1. The number of carbonyl (C=O) groups is 2. The molecule has 0 bridgehead atoms. The van der Waals surface area contributed by atoms with Crippen LogP contribution in [0.2, 0.25) is 0 Å². The first-order valence-corrected chi connectivity index (χ1v) is 8.17. The maximum Gasteiger partial charge on any atom is 0.410 e. The second kappa shape index (κ2) is 6.95. The molecule has 1 heterocycles. The van der Waals surface area contributed by atoms with Crippen molar-refractivity contribution in [3.63, 3.8) is 0 Å². The first-order chi connectivity index (χ1) is 10.8. The van der Waals surface area contributed by atoms with Gasteiger partial charge < -0.3 is 14.4 Å². The highest BCUT2D eigenvalue weighted by molar-refractivity contribution is 5.67. The van der Waals surface area contributed by atoms with E-state index in [1.807, 2.05) is 35.2 Å². The molecule has 2 atom stereocenters. The molecule has 2 aliphatic rings. The van der Waals surface area contributed by atoms with Crippen LogP contribution in [0, 0.1) is 17.8 Å². The lowest BCUT2D eigenvalue weighted by Crippen LogP contribution is -2.39. The zero-order chi connectivity index (χ0) is 15.4. The summed E-state index contributed by atoms with van der Waals surface area (Å²) in [6.45, 7) is 1.90.